The van der Waals surface area contributed by atoms with Gasteiger partial charge in [0.05, 0.1) is 6.33 Å². The molecule has 0 radical (unpaired) electrons. The third-order valence-electron chi connectivity index (χ3n) is 4.81. The number of hydrogen-bond acceptors (Lipinski definition) is 4. The summed E-state index contributed by atoms with van der Waals surface area (Å²) in [4.78, 5) is 12.9. The predicted octanol–water partition coefficient (Wildman–Crippen LogP) is 5.28. The standard InChI is InChI=1S/C19H33N5/c1-3-5-7-9-11-13-16(12-10-8-6-4-2)24-15-23-17-18(20)21-14-22-19(17)24/h14-16H,3-13H2,1-2H3,(H2,20,21,22)/t16-/m0/s1. The van der Waals surface area contributed by atoms with Gasteiger partial charge in [0.15, 0.2) is 11.5 Å². The monoisotopic (exact) mass is 331 g/mol. The smallest absolute Gasteiger partial charge is 0.165 e. The Hall–Kier alpha value is -1.65. The Morgan fingerprint density at radius 1 is 0.875 bits per heavy atom. The van der Waals surface area contributed by atoms with E-state index in [4.69, 9.17) is 5.73 Å². The number of unbranched alkanes of at least 4 members (excludes halogenated alkanes) is 7. The van der Waals surface area contributed by atoms with Crippen LogP contribution in [-0.2, 0) is 0 Å². The lowest BCUT2D eigenvalue weighted by Gasteiger charge is -2.19. The van der Waals surface area contributed by atoms with Gasteiger partial charge in [-0.25, -0.2) is 15.0 Å². The largest absolute Gasteiger partial charge is 0.382 e. The molecule has 5 nitrogen and oxygen atoms in total. The average molecular weight is 332 g/mol. The summed E-state index contributed by atoms with van der Waals surface area (Å²) in [5.41, 5.74) is 7.56. The zero-order valence-electron chi connectivity index (χ0n) is 15.4. The summed E-state index contributed by atoms with van der Waals surface area (Å²) in [5, 5.41) is 0. The van der Waals surface area contributed by atoms with Gasteiger partial charge in [0.2, 0.25) is 0 Å². The molecular weight excluding hydrogens is 298 g/mol. The van der Waals surface area contributed by atoms with Gasteiger partial charge < -0.3 is 10.3 Å². The van der Waals surface area contributed by atoms with Crippen molar-refractivity contribution < 1.29 is 0 Å². The summed E-state index contributed by atoms with van der Waals surface area (Å²) in [7, 11) is 0. The normalized spacial score (nSPS) is 12.8. The summed E-state index contributed by atoms with van der Waals surface area (Å²) in [6.07, 6.45) is 17.6. The molecule has 0 saturated heterocycles. The molecule has 0 saturated carbocycles. The van der Waals surface area contributed by atoms with Crippen LogP contribution in [-0.4, -0.2) is 19.5 Å². The van der Waals surface area contributed by atoms with Crippen LogP contribution in [0, 0.1) is 0 Å². The lowest BCUT2D eigenvalue weighted by atomic mass is 10.0. The Labute approximate surface area is 146 Å². The van der Waals surface area contributed by atoms with Crippen LogP contribution in [0.4, 0.5) is 5.82 Å². The topological polar surface area (TPSA) is 69.6 Å². The lowest BCUT2D eigenvalue weighted by molar-refractivity contribution is 0.401. The summed E-state index contributed by atoms with van der Waals surface area (Å²) in [5.74, 6) is 0.478. The lowest BCUT2D eigenvalue weighted by Crippen LogP contribution is -2.09. The average Bonchev–Trinajstić information content (AvgIpc) is 3.02. The number of nitrogens with zero attached hydrogens (tertiary/aromatic N) is 4. The first kappa shape index (κ1) is 18.7. The highest BCUT2D eigenvalue weighted by Crippen LogP contribution is 2.27. The zero-order chi connectivity index (χ0) is 17.2. The minimum absolute atomic E-state index is 0.475. The highest BCUT2D eigenvalue weighted by Gasteiger charge is 2.16. The maximum absolute atomic E-state index is 5.94. The molecule has 1 atom stereocenters. The van der Waals surface area contributed by atoms with Crippen LogP contribution in [0.15, 0.2) is 12.7 Å². The number of rotatable bonds is 12. The highest BCUT2D eigenvalue weighted by molar-refractivity contribution is 5.81. The quantitative estimate of drug-likeness (QED) is 0.537. The number of aromatic nitrogens is 4. The molecule has 134 valence electrons. The number of nitrogens with two attached hydrogens (primary N) is 1. The zero-order valence-corrected chi connectivity index (χ0v) is 15.4. The van der Waals surface area contributed by atoms with Crippen molar-refractivity contribution in [2.24, 2.45) is 0 Å². The van der Waals surface area contributed by atoms with Gasteiger partial charge in [0.1, 0.15) is 11.8 Å². The molecule has 2 aromatic rings. The van der Waals surface area contributed by atoms with E-state index in [-0.39, 0.29) is 0 Å². The van der Waals surface area contributed by atoms with Crippen LogP contribution in [0.25, 0.3) is 11.2 Å². The van der Waals surface area contributed by atoms with Gasteiger partial charge in [0, 0.05) is 6.04 Å². The summed E-state index contributed by atoms with van der Waals surface area (Å²) in [6, 6.07) is 0.475. The van der Waals surface area contributed by atoms with Crippen molar-refractivity contribution >= 4 is 17.0 Å². The Morgan fingerprint density at radius 2 is 1.50 bits per heavy atom. The molecule has 2 heterocycles. The van der Waals surface area contributed by atoms with E-state index >= 15 is 0 Å². The second-order valence-electron chi connectivity index (χ2n) is 6.79. The van der Waals surface area contributed by atoms with Crippen LogP contribution in [0.5, 0.6) is 0 Å². The maximum atomic E-state index is 5.94. The predicted molar refractivity (Wildman–Crippen MR) is 101 cm³/mol. The maximum Gasteiger partial charge on any atom is 0.165 e. The molecule has 0 aliphatic heterocycles. The number of imidazole rings is 1. The SMILES string of the molecule is CCCCCCC[C@H](CCCCCC)n1cnc2c(N)ncnc21. The van der Waals surface area contributed by atoms with Gasteiger partial charge in [-0.3, -0.25) is 0 Å². The van der Waals surface area contributed by atoms with E-state index in [1.165, 1.54) is 70.6 Å². The number of anilines is 1. The van der Waals surface area contributed by atoms with Gasteiger partial charge in [-0.15, -0.1) is 0 Å². The molecular formula is C19H33N5. The van der Waals surface area contributed by atoms with Gasteiger partial charge in [-0.2, -0.15) is 0 Å². The molecule has 0 unspecified atom stereocenters. The summed E-state index contributed by atoms with van der Waals surface area (Å²) in [6.45, 7) is 4.52. The minimum atomic E-state index is 0.475. The molecule has 24 heavy (non-hydrogen) atoms. The Balaban J connectivity index is 2.03. The molecule has 0 aliphatic carbocycles. The first-order valence-corrected chi connectivity index (χ1v) is 9.70. The molecule has 5 heteroatoms. The Morgan fingerprint density at radius 3 is 2.17 bits per heavy atom. The van der Waals surface area contributed by atoms with Crippen LogP contribution >= 0.6 is 0 Å². The van der Waals surface area contributed by atoms with Crippen LogP contribution in [0.1, 0.15) is 90.5 Å². The van der Waals surface area contributed by atoms with Crippen molar-refractivity contribution in [1.29, 1.82) is 0 Å². The third-order valence-corrected chi connectivity index (χ3v) is 4.81. The van der Waals surface area contributed by atoms with Crippen molar-refractivity contribution in [3.63, 3.8) is 0 Å². The van der Waals surface area contributed by atoms with E-state index in [0.717, 1.165) is 11.2 Å². The van der Waals surface area contributed by atoms with Crippen molar-refractivity contribution in [2.45, 2.75) is 90.5 Å². The van der Waals surface area contributed by atoms with Crippen molar-refractivity contribution in [3.8, 4) is 0 Å². The van der Waals surface area contributed by atoms with Crippen LogP contribution in [0.2, 0.25) is 0 Å². The molecule has 2 aromatic heterocycles. The van der Waals surface area contributed by atoms with Gasteiger partial charge >= 0.3 is 0 Å². The molecule has 0 aromatic carbocycles. The molecule has 2 N–H and O–H groups in total. The van der Waals surface area contributed by atoms with Gasteiger partial charge in [-0.05, 0) is 12.8 Å². The van der Waals surface area contributed by atoms with E-state index < -0.39 is 0 Å². The number of fused-ring (bicyclic) bond motifs is 1. The summed E-state index contributed by atoms with van der Waals surface area (Å²) < 4.78 is 2.24. The molecule has 0 fully saturated rings. The Bertz CT molecular complexity index is 592. The summed E-state index contributed by atoms with van der Waals surface area (Å²) >= 11 is 0. The number of nitrogen functional groups attached to an aromatic ring is 1. The molecule has 0 spiro atoms. The van der Waals surface area contributed by atoms with Crippen LogP contribution < -0.4 is 5.73 Å². The fraction of sp³-hybridized carbons (Fsp3) is 0.737. The van der Waals surface area contributed by atoms with E-state index in [9.17, 15) is 0 Å². The Kier molecular flexibility index (Phi) is 7.99. The van der Waals surface area contributed by atoms with Gasteiger partial charge in [-0.1, -0.05) is 71.6 Å². The first-order valence-electron chi connectivity index (χ1n) is 9.70. The molecule has 0 aliphatic rings. The molecule has 0 amide bonds. The molecule has 0 bridgehead atoms. The van der Waals surface area contributed by atoms with E-state index in [1.807, 2.05) is 6.33 Å². The van der Waals surface area contributed by atoms with Crippen LogP contribution in [0.3, 0.4) is 0 Å². The van der Waals surface area contributed by atoms with Crippen molar-refractivity contribution in [2.75, 3.05) is 5.73 Å². The third kappa shape index (κ3) is 5.18. The minimum Gasteiger partial charge on any atom is -0.382 e. The first-order chi connectivity index (χ1) is 11.8. The highest BCUT2D eigenvalue weighted by atomic mass is 15.1. The van der Waals surface area contributed by atoms with Crippen molar-refractivity contribution in [3.05, 3.63) is 12.7 Å². The number of hydrogen-bond donors (Lipinski definition) is 1. The molecule has 2 rings (SSSR count). The van der Waals surface area contributed by atoms with Gasteiger partial charge in [0.25, 0.3) is 0 Å². The van der Waals surface area contributed by atoms with E-state index in [2.05, 4.69) is 33.4 Å². The van der Waals surface area contributed by atoms with Crippen molar-refractivity contribution in [1.82, 2.24) is 19.5 Å². The second kappa shape index (κ2) is 10.3. The fourth-order valence-corrected chi connectivity index (χ4v) is 3.35. The second-order valence-corrected chi connectivity index (χ2v) is 6.79. The fourth-order valence-electron chi connectivity index (χ4n) is 3.35. The van der Waals surface area contributed by atoms with E-state index in [0.29, 0.717) is 11.9 Å². The van der Waals surface area contributed by atoms with E-state index in [1.54, 1.807) is 6.33 Å².